The molecule has 2 amide bonds. The molecular formula is C30H35Cl2N3O4S. The zero-order valence-corrected chi connectivity index (χ0v) is 25.4. The third-order valence-electron chi connectivity index (χ3n) is 6.31. The van der Waals surface area contributed by atoms with E-state index in [9.17, 15) is 18.0 Å². The second-order valence-electron chi connectivity index (χ2n) is 10.00. The molecule has 0 saturated carbocycles. The Hall–Kier alpha value is -3.07. The van der Waals surface area contributed by atoms with Gasteiger partial charge in [0.25, 0.3) is 10.0 Å². The summed E-state index contributed by atoms with van der Waals surface area (Å²) in [5.41, 5.74) is 1.85. The van der Waals surface area contributed by atoms with Gasteiger partial charge in [-0.2, -0.15) is 0 Å². The highest BCUT2D eigenvalue weighted by atomic mass is 35.5. The summed E-state index contributed by atoms with van der Waals surface area (Å²) >= 11 is 12.3. The summed E-state index contributed by atoms with van der Waals surface area (Å²) < 4.78 is 28.8. The first-order valence-electron chi connectivity index (χ1n) is 13.1. The van der Waals surface area contributed by atoms with Gasteiger partial charge < -0.3 is 10.2 Å². The van der Waals surface area contributed by atoms with E-state index in [1.807, 2.05) is 33.8 Å². The van der Waals surface area contributed by atoms with E-state index < -0.39 is 28.5 Å². The second kappa shape index (κ2) is 14.0. The molecule has 3 aromatic carbocycles. The molecule has 0 saturated heterocycles. The molecule has 0 aromatic heterocycles. The second-order valence-corrected chi connectivity index (χ2v) is 12.7. The van der Waals surface area contributed by atoms with Crippen LogP contribution in [0.3, 0.4) is 0 Å². The lowest BCUT2D eigenvalue weighted by atomic mass is 10.1. The van der Waals surface area contributed by atoms with Crippen molar-refractivity contribution < 1.29 is 18.0 Å². The molecule has 7 nitrogen and oxygen atoms in total. The highest BCUT2D eigenvalue weighted by Crippen LogP contribution is 2.27. The molecular weight excluding hydrogens is 569 g/mol. The molecule has 1 N–H and O–H groups in total. The van der Waals surface area contributed by atoms with Gasteiger partial charge in [-0.3, -0.25) is 13.9 Å². The molecule has 1 unspecified atom stereocenters. The van der Waals surface area contributed by atoms with E-state index in [1.165, 1.54) is 17.0 Å². The number of hydrogen-bond acceptors (Lipinski definition) is 4. The van der Waals surface area contributed by atoms with Crippen LogP contribution in [0.25, 0.3) is 0 Å². The van der Waals surface area contributed by atoms with Crippen molar-refractivity contribution in [2.75, 3.05) is 17.4 Å². The van der Waals surface area contributed by atoms with E-state index >= 15 is 0 Å². The predicted octanol–water partition coefficient (Wildman–Crippen LogP) is 6.08. The molecule has 3 rings (SSSR count). The number of carbonyl (C=O) groups is 2. The van der Waals surface area contributed by atoms with Crippen LogP contribution in [-0.2, 0) is 26.2 Å². The van der Waals surface area contributed by atoms with Crippen molar-refractivity contribution in [3.05, 3.63) is 94.0 Å². The summed E-state index contributed by atoms with van der Waals surface area (Å²) in [6.07, 6.45) is 0.326. The fourth-order valence-corrected chi connectivity index (χ4v) is 5.96. The topological polar surface area (TPSA) is 86.8 Å². The number of rotatable bonds is 12. The van der Waals surface area contributed by atoms with Crippen LogP contribution in [0.4, 0.5) is 5.69 Å². The molecule has 0 heterocycles. The maximum atomic E-state index is 14.1. The number of nitrogens with one attached hydrogen (secondary N) is 1. The number of benzene rings is 3. The van der Waals surface area contributed by atoms with Gasteiger partial charge in [0.1, 0.15) is 12.6 Å². The molecule has 0 fully saturated rings. The third kappa shape index (κ3) is 7.99. The Labute approximate surface area is 247 Å². The third-order valence-corrected chi connectivity index (χ3v) is 8.83. The number of amides is 2. The minimum atomic E-state index is -4.11. The minimum absolute atomic E-state index is 0.0381. The Bertz CT molecular complexity index is 1430. The summed E-state index contributed by atoms with van der Waals surface area (Å²) in [6, 6.07) is 19.1. The van der Waals surface area contributed by atoms with E-state index in [2.05, 4.69) is 5.32 Å². The fraction of sp³-hybridized carbons (Fsp3) is 0.333. The molecule has 0 spiro atoms. The van der Waals surface area contributed by atoms with Crippen LogP contribution in [0.1, 0.15) is 38.3 Å². The van der Waals surface area contributed by atoms with Crippen molar-refractivity contribution in [1.82, 2.24) is 10.2 Å². The first-order valence-corrected chi connectivity index (χ1v) is 15.3. The van der Waals surface area contributed by atoms with Crippen LogP contribution < -0.4 is 9.62 Å². The van der Waals surface area contributed by atoms with Crippen LogP contribution in [0.5, 0.6) is 0 Å². The Kier molecular flexibility index (Phi) is 11.0. The Balaban J connectivity index is 2.05. The van der Waals surface area contributed by atoms with E-state index in [1.54, 1.807) is 54.6 Å². The van der Waals surface area contributed by atoms with E-state index in [0.29, 0.717) is 34.3 Å². The van der Waals surface area contributed by atoms with Gasteiger partial charge in [0.15, 0.2) is 0 Å². The normalized spacial score (nSPS) is 12.2. The number of sulfonamides is 1. The summed E-state index contributed by atoms with van der Waals surface area (Å²) in [5, 5.41) is 3.59. The van der Waals surface area contributed by atoms with Crippen LogP contribution >= 0.6 is 23.2 Å². The number of halogens is 2. The largest absolute Gasteiger partial charge is 0.354 e. The van der Waals surface area contributed by atoms with Crippen molar-refractivity contribution in [1.29, 1.82) is 0 Å². The standard InChI is InChI=1S/C30H35Cl2N3O4S/c1-5-28(30(37)33-18-21(2)3)34(19-23-14-15-26(31)27(32)17-23)29(36)20-35(24-11-9-10-22(4)16-24)40(38,39)25-12-7-6-8-13-25/h6-17,21,28H,5,18-20H2,1-4H3,(H,33,37). The van der Waals surface area contributed by atoms with Gasteiger partial charge in [0, 0.05) is 13.1 Å². The van der Waals surface area contributed by atoms with Crippen LogP contribution in [0, 0.1) is 12.8 Å². The van der Waals surface area contributed by atoms with Gasteiger partial charge in [-0.1, -0.05) is 80.4 Å². The van der Waals surface area contributed by atoms with Gasteiger partial charge in [0.2, 0.25) is 11.8 Å². The molecule has 0 radical (unpaired) electrons. The Morgan fingerprint density at radius 2 is 1.62 bits per heavy atom. The molecule has 0 bridgehead atoms. The van der Waals surface area contributed by atoms with Crippen LogP contribution in [-0.4, -0.2) is 44.3 Å². The summed E-state index contributed by atoms with van der Waals surface area (Å²) in [7, 11) is -4.11. The van der Waals surface area contributed by atoms with Crippen molar-refractivity contribution in [3.8, 4) is 0 Å². The van der Waals surface area contributed by atoms with Crippen LogP contribution in [0.15, 0.2) is 77.7 Å². The fourth-order valence-electron chi connectivity index (χ4n) is 4.21. The summed E-state index contributed by atoms with van der Waals surface area (Å²) in [4.78, 5) is 28.8. The average molecular weight is 605 g/mol. The minimum Gasteiger partial charge on any atom is -0.354 e. The molecule has 0 aliphatic rings. The SMILES string of the molecule is CCC(C(=O)NCC(C)C)N(Cc1ccc(Cl)c(Cl)c1)C(=O)CN(c1cccc(C)c1)S(=O)(=O)c1ccccc1. The average Bonchev–Trinajstić information content (AvgIpc) is 2.92. The lowest BCUT2D eigenvalue weighted by Crippen LogP contribution is -2.52. The molecule has 3 aromatic rings. The smallest absolute Gasteiger partial charge is 0.264 e. The molecule has 0 aliphatic carbocycles. The first-order chi connectivity index (χ1) is 18.9. The van der Waals surface area contributed by atoms with Crippen molar-refractivity contribution in [2.24, 2.45) is 5.92 Å². The summed E-state index contributed by atoms with van der Waals surface area (Å²) in [5.74, 6) is -0.621. The lowest BCUT2D eigenvalue weighted by molar-refractivity contribution is -0.140. The number of aryl methyl sites for hydroxylation is 1. The molecule has 10 heteroatoms. The zero-order chi connectivity index (χ0) is 29.4. The monoisotopic (exact) mass is 603 g/mol. The van der Waals surface area contributed by atoms with Gasteiger partial charge in [-0.05, 0) is 66.8 Å². The van der Waals surface area contributed by atoms with Crippen molar-refractivity contribution >= 4 is 50.7 Å². The van der Waals surface area contributed by atoms with E-state index in [0.717, 1.165) is 9.87 Å². The van der Waals surface area contributed by atoms with Crippen LogP contribution in [0.2, 0.25) is 10.0 Å². The van der Waals surface area contributed by atoms with Gasteiger partial charge in [-0.15, -0.1) is 0 Å². The van der Waals surface area contributed by atoms with E-state index in [-0.39, 0.29) is 23.3 Å². The number of nitrogens with zero attached hydrogens (tertiary/aromatic N) is 2. The van der Waals surface area contributed by atoms with Crippen molar-refractivity contribution in [2.45, 2.75) is 51.6 Å². The summed E-state index contributed by atoms with van der Waals surface area (Å²) in [6.45, 7) is 7.60. The lowest BCUT2D eigenvalue weighted by Gasteiger charge is -2.33. The molecule has 0 aliphatic heterocycles. The maximum absolute atomic E-state index is 14.1. The van der Waals surface area contributed by atoms with E-state index in [4.69, 9.17) is 23.2 Å². The maximum Gasteiger partial charge on any atom is 0.264 e. The Morgan fingerprint density at radius 1 is 0.925 bits per heavy atom. The first kappa shape index (κ1) is 31.5. The van der Waals surface area contributed by atoms with Gasteiger partial charge >= 0.3 is 0 Å². The quantitative estimate of drug-likeness (QED) is 0.272. The predicted molar refractivity (Wildman–Crippen MR) is 161 cm³/mol. The molecule has 214 valence electrons. The number of anilines is 1. The molecule has 40 heavy (non-hydrogen) atoms. The highest BCUT2D eigenvalue weighted by molar-refractivity contribution is 7.92. The van der Waals surface area contributed by atoms with Gasteiger partial charge in [0.05, 0.1) is 20.6 Å². The number of hydrogen-bond donors (Lipinski definition) is 1. The number of carbonyl (C=O) groups excluding carboxylic acids is 2. The van der Waals surface area contributed by atoms with Gasteiger partial charge in [-0.25, -0.2) is 8.42 Å². The molecule has 1 atom stereocenters. The Morgan fingerprint density at radius 3 is 2.23 bits per heavy atom. The highest BCUT2D eigenvalue weighted by Gasteiger charge is 2.33. The van der Waals surface area contributed by atoms with Crippen molar-refractivity contribution in [3.63, 3.8) is 0 Å². The zero-order valence-electron chi connectivity index (χ0n) is 23.1.